The minimum atomic E-state index is -0.453. The van der Waals surface area contributed by atoms with Gasteiger partial charge in [0.25, 0.3) is 5.56 Å². The lowest BCUT2D eigenvalue weighted by Gasteiger charge is -2.33. The van der Waals surface area contributed by atoms with Gasteiger partial charge < -0.3 is 15.7 Å². The summed E-state index contributed by atoms with van der Waals surface area (Å²) in [4.78, 5) is 23.4. The lowest BCUT2D eigenvalue weighted by atomic mass is 10.1. The summed E-state index contributed by atoms with van der Waals surface area (Å²) in [5.74, 6) is 0.994. The molecule has 3 heterocycles. The number of nitrogens with zero attached hydrogens (tertiary/aromatic N) is 4. The van der Waals surface area contributed by atoms with E-state index in [-0.39, 0.29) is 11.2 Å². The number of anilines is 2. The fraction of sp³-hybridized carbons (Fsp3) is 0.550. The maximum Gasteiger partial charge on any atom is 0.278 e. The molecule has 2 aromatic rings. The van der Waals surface area contributed by atoms with Gasteiger partial charge in [-0.05, 0) is 30.9 Å². The molecule has 0 aromatic carbocycles. The van der Waals surface area contributed by atoms with Crippen LogP contribution in [0.15, 0.2) is 29.3 Å². The zero-order valence-corrected chi connectivity index (χ0v) is 16.7. The molecule has 1 atom stereocenters. The first-order valence-electron chi connectivity index (χ1n) is 9.71. The molecule has 2 aromatic heterocycles. The molecule has 1 aliphatic rings. The molecule has 3 rings (SSSR count). The summed E-state index contributed by atoms with van der Waals surface area (Å²) in [5.41, 5.74) is 7.24. The van der Waals surface area contributed by atoms with Crippen molar-refractivity contribution in [2.45, 2.75) is 53.2 Å². The third-order valence-corrected chi connectivity index (χ3v) is 4.40. The van der Waals surface area contributed by atoms with Crippen molar-refractivity contribution in [2.24, 2.45) is 5.92 Å². The highest BCUT2D eigenvalue weighted by atomic mass is 16.3. The number of aromatic nitrogens is 3. The minimum Gasteiger partial charge on any atom is -0.392 e. The highest BCUT2D eigenvalue weighted by Crippen LogP contribution is 2.26. The molecular weight excluding hydrogens is 342 g/mol. The zero-order valence-electron chi connectivity index (χ0n) is 16.7. The maximum atomic E-state index is 12.7. The Bertz CT molecular complexity index is 789. The largest absolute Gasteiger partial charge is 0.392 e. The van der Waals surface area contributed by atoms with Crippen LogP contribution in [0.5, 0.6) is 0 Å². The molecule has 0 aliphatic carbocycles. The smallest absolute Gasteiger partial charge is 0.278 e. The lowest BCUT2D eigenvalue weighted by molar-refractivity contribution is 0.152. The zero-order chi connectivity index (χ0) is 20.0. The Morgan fingerprint density at radius 1 is 1.22 bits per heavy atom. The van der Waals surface area contributed by atoms with Crippen molar-refractivity contribution >= 4 is 11.6 Å². The van der Waals surface area contributed by atoms with Gasteiger partial charge in [-0.1, -0.05) is 27.7 Å². The van der Waals surface area contributed by atoms with E-state index >= 15 is 0 Å². The van der Waals surface area contributed by atoms with Crippen LogP contribution in [0.2, 0.25) is 0 Å². The molecule has 148 valence electrons. The number of nitrogen functional groups attached to an aromatic ring is 1. The van der Waals surface area contributed by atoms with Gasteiger partial charge in [0.2, 0.25) is 5.95 Å². The second kappa shape index (κ2) is 9.50. The second-order valence-corrected chi connectivity index (χ2v) is 6.95. The van der Waals surface area contributed by atoms with Crippen molar-refractivity contribution in [3.8, 4) is 11.3 Å². The highest BCUT2D eigenvalue weighted by Gasteiger charge is 2.25. The molecule has 0 radical (unpaired) electrons. The number of hydrogen-bond donors (Lipinski definition) is 2. The van der Waals surface area contributed by atoms with Gasteiger partial charge in [-0.15, -0.1) is 0 Å². The van der Waals surface area contributed by atoms with E-state index in [1.54, 1.807) is 29.1 Å². The SMILES string of the molecule is CC.CC(C)CC(O)CN1CCCn2c1nc(-c1ccncc1)c(N)c2=O. The van der Waals surface area contributed by atoms with E-state index < -0.39 is 6.10 Å². The number of hydrogen-bond acceptors (Lipinski definition) is 6. The van der Waals surface area contributed by atoms with E-state index in [9.17, 15) is 9.90 Å². The van der Waals surface area contributed by atoms with E-state index in [1.807, 2.05) is 18.7 Å². The van der Waals surface area contributed by atoms with Gasteiger partial charge in [-0.25, -0.2) is 4.98 Å². The van der Waals surface area contributed by atoms with Gasteiger partial charge in [0.1, 0.15) is 11.4 Å². The molecule has 7 heteroatoms. The van der Waals surface area contributed by atoms with Crippen LogP contribution in [0.25, 0.3) is 11.3 Å². The Morgan fingerprint density at radius 3 is 2.52 bits per heavy atom. The number of aliphatic hydroxyl groups is 1. The average Bonchev–Trinajstić information content (AvgIpc) is 2.66. The van der Waals surface area contributed by atoms with Gasteiger partial charge >= 0.3 is 0 Å². The molecule has 0 amide bonds. The molecule has 0 spiro atoms. The fourth-order valence-corrected chi connectivity index (χ4v) is 3.30. The standard InChI is InChI=1S/C18H25N5O2.C2H6/c1-12(2)10-14(24)11-22-8-3-9-23-17(25)15(19)16(21-18(22)23)13-4-6-20-7-5-13;1-2/h4-7,12,14,24H,3,8-11,19H2,1-2H3;1-2H3. The molecule has 0 saturated carbocycles. The highest BCUT2D eigenvalue weighted by molar-refractivity contribution is 5.72. The minimum absolute atomic E-state index is 0.152. The first-order valence-corrected chi connectivity index (χ1v) is 9.71. The van der Waals surface area contributed by atoms with Crippen LogP contribution in [-0.4, -0.2) is 38.8 Å². The quantitative estimate of drug-likeness (QED) is 0.836. The van der Waals surface area contributed by atoms with Crippen LogP contribution in [0.4, 0.5) is 11.6 Å². The van der Waals surface area contributed by atoms with E-state index in [1.165, 1.54) is 0 Å². The summed E-state index contributed by atoms with van der Waals surface area (Å²) >= 11 is 0. The van der Waals surface area contributed by atoms with Crippen LogP contribution < -0.4 is 16.2 Å². The average molecular weight is 374 g/mol. The fourth-order valence-electron chi connectivity index (χ4n) is 3.30. The Hall–Kier alpha value is -2.41. The lowest BCUT2D eigenvalue weighted by Crippen LogP contribution is -2.43. The van der Waals surface area contributed by atoms with Crippen molar-refractivity contribution in [1.29, 1.82) is 0 Å². The molecule has 1 unspecified atom stereocenters. The Balaban J connectivity index is 0.00000126. The molecule has 0 saturated heterocycles. The van der Waals surface area contributed by atoms with Gasteiger partial charge in [0.05, 0.1) is 6.10 Å². The van der Waals surface area contributed by atoms with Crippen molar-refractivity contribution in [3.05, 3.63) is 34.9 Å². The van der Waals surface area contributed by atoms with Crippen LogP contribution in [0.3, 0.4) is 0 Å². The number of β-amino-alcohol motifs (C(OH)–C–C–N with tert-alkyl or cyclic N) is 1. The van der Waals surface area contributed by atoms with Gasteiger partial charge in [-0.2, -0.15) is 0 Å². The predicted molar refractivity (Wildman–Crippen MR) is 110 cm³/mol. The van der Waals surface area contributed by atoms with Crippen molar-refractivity contribution in [2.75, 3.05) is 23.7 Å². The summed E-state index contributed by atoms with van der Waals surface area (Å²) in [6.45, 7) is 9.99. The van der Waals surface area contributed by atoms with Gasteiger partial charge in [0.15, 0.2) is 0 Å². The Labute approximate surface area is 160 Å². The topological polar surface area (TPSA) is 97.3 Å². The molecular formula is C20H31N5O2. The van der Waals surface area contributed by atoms with E-state index in [4.69, 9.17) is 5.73 Å². The number of fused-ring (bicyclic) bond motifs is 1. The van der Waals surface area contributed by atoms with Crippen LogP contribution in [0, 0.1) is 5.92 Å². The predicted octanol–water partition coefficient (Wildman–Crippen LogP) is 2.53. The van der Waals surface area contributed by atoms with Crippen LogP contribution in [-0.2, 0) is 6.54 Å². The molecule has 7 nitrogen and oxygen atoms in total. The molecule has 27 heavy (non-hydrogen) atoms. The van der Waals surface area contributed by atoms with Gasteiger partial charge in [0, 0.05) is 37.6 Å². The van der Waals surface area contributed by atoms with E-state index in [0.717, 1.165) is 18.5 Å². The Morgan fingerprint density at radius 2 is 1.89 bits per heavy atom. The second-order valence-electron chi connectivity index (χ2n) is 6.95. The molecule has 0 bridgehead atoms. The first kappa shape index (κ1) is 20.9. The van der Waals surface area contributed by atoms with E-state index in [2.05, 4.69) is 23.8 Å². The first-order chi connectivity index (χ1) is 13.0. The third kappa shape index (κ3) is 4.86. The van der Waals surface area contributed by atoms with Crippen molar-refractivity contribution in [1.82, 2.24) is 14.5 Å². The van der Waals surface area contributed by atoms with E-state index in [0.29, 0.717) is 37.1 Å². The third-order valence-electron chi connectivity index (χ3n) is 4.40. The number of nitrogens with two attached hydrogens (primary N) is 1. The molecule has 0 fully saturated rings. The van der Waals surface area contributed by atoms with Crippen molar-refractivity contribution in [3.63, 3.8) is 0 Å². The maximum absolute atomic E-state index is 12.7. The summed E-state index contributed by atoms with van der Waals surface area (Å²) in [6, 6.07) is 3.58. The summed E-state index contributed by atoms with van der Waals surface area (Å²) in [5, 5.41) is 10.3. The van der Waals surface area contributed by atoms with Crippen molar-refractivity contribution < 1.29 is 5.11 Å². The van der Waals surface area contributed by atoms with Gasteiger partial charge in [-0.3, -0.25) is 14.3 Å². The monoisotopic (exact) mass is 373 g/mol. The summed E-state index contributed by atoms with van der Waals surface area (Å²) in [7, 11) is 0. The number of pyridine rings is 1. The number of rotatable bonds is 5. The summed E-state index contributed by atoms with van der Waals surface area (Å²) in [6.07, 6.45) is 4.39. The normalized spacial score (nSPS) is 14.4. The van der Waals surface area contributed by atoms with Crippen LogP contribution >= 0.6 is 0 Å². The Kier molecular flexibility index (Phi) is 7.36. The number of aliphatic hydroxyl groups excluding tert-OH is 1. The van der Waals surface area contributed by atoms with Crippen LogP contribution in [0.1, 0.15) is 40.5 Å². The molecule has 1 aliphatic heterocycles. The molecule has 3 N–H and O–H groups in total. The summed E-state index contributed by atoms with van der Waals surface area (Å²) < 4.78 is 1.62.